The van der Waals surface area contributed by atoms with Crippen molar-refractivity contribution in [1.82, 2.24) is 15.1 Å². The minimum atomic E-state index is -0.484. The quantitative estimate of drug-likeness (QED) is 0.569. The lowest BCUT2D eigenvalue weighted by Gasteiger charge is -2.09. The Hall–Kier alpha value is -2.12. The maximum Gasteiger partial charge on any atom is 0.330 e. The first-order valence-electron chi connectivity index (χ1n) is 5.27. The summed E-state index contributed by atoms with van der Waals surface area (Å²) in [7, 11) is 1.62. The highest BCUT2D eigenvalue weighted by molar-refractivity contribution is 5.78. The Bertz CT molecular complexity index is 455. The average molecular weight is 239 g/mol. The standard InChI is InChI=1S/C9H13N5O3/c1-13-5-7(14(16)17)9(12-13)10-4-6-2-3-8(15)11-6/h5-6H,2-4H2,1H3,(H,10,12)(H,11,15). The molecule has 1 aromatic rings. The molecule has 0 aliphatic carbocycles. The first kappa shape index (κ1) is 11.4. The number of anilines is 1. The topological polar surface area (TPSA) is 102 Å². The van der Waals surface area contributed by atoms with Gasteiger partial charge in [-0.3, -0.25) is 19.6 Å². The van der Waals surface area contributed by atoms with Crippen molar-refractivity contribution < 1.29 is 9.72 Å². The Balaban J connectivity index is 1.99. The highest BCUT2D eigenvalue weighted by atomic mass is 16.6. The molecule has 0 aromatic carbocycles. The highest BCUT2D eigenvalue weighted by Crippen LogP contribution is 2.21. The highest BCUT2D eigenvalue weighted by Gasteiger charge is 2.23. The van der Waals surface area contributed by atoms with Crippen LogP contribution < -0.4 is 10.6 Å². The number of hydrogen-bond donors (Lipinski definition) is 2. The Morgan fingerprint density at radius 1 is 1.76 bits per heavy atom. The summed E-state index contributed by atoms with van der Waals surface area (Å²) in [5.41, 5.74) is -0.0585. The Morgan fingerprint density at radius 2 is 2.53 bits per heavy atom. The van der Waals surface area contributed by atoms with Gasteiger partial charge in [-0.15, -0.1) is 5.10 Å². The van der Waals surface area contributed by atoms with Gasteiger partial charge in [0.15, 0.2) is 0 Å². The molecule has 1 unspecified atom stereocenters. The Labute approximate surface area is 97.1 Å². The van der Waals surface area contributed by atoms with Crippen LogP contribution in [0.4, 0.5) is 11.5 Å². The van der Waals surface area contributed by atoms with Crippen molar-refractivity contribution in [3.8, 4) is 0 Å². The summed E-state index contributed by atoms with van der Waals surface area (Å²) < 4.78 is 1.38. The average Bonchev–Trinajstić information content (AvgIpc) is 2.82. The van der Waals surface area contributed by atoms with Gasteiger partial charge >= 0.3 is 5.69 Å². The van der Waals surface area contributed by atoms with E-state index in [4.69, 9.17) is 0 Å². The fourth-order valence-corrected chi connectivity index (χ4v) is 1.79. The number of nitro groups is 1. The van der Waals surface area contributed by atoms with E-state index < -0.39 is 4.92 Å². The first-order chi connectivity index (χ1) is 8.06. The van der Waals surface area contributed by atoms with E-state index in [9.17, 15) is 14.9 Å². The molecule has 8 nitrogen and oxygen atoms in total. The van der Waals surface area contributed by atoms with Crippen molar-refractivity contribution in [2.24, 2.45) is 7.05 Å². The molecule has 0 bridgehead atoms. The van der Waals surface area contributed by atoms with Crippen LogP contribution in [-0.2, 0) is 11.8 Å². The third kappa shape index (κ3) is 2.52. The molecular weight excluding hydrogens is 226 g/mol. The van der Waals surface area contributed by atoms with Crippen molar-refractivity contribution in [2.75, 3.05) is 11.9 Å². The molecule has 0 radical (unpaired) electrons. The lowest BCUT2D eigenvalue weighted by Crippen LogP contribution is -2.32. The maximum absolute atomic E-state index is 11.0. The molecule has 1 amide bonds. The molecule has 2 N–H and O–H groups in total. The Kier molecular flexibility index (Phi) is 2.94. The minimum Gasteiger partial charge on any atom is -0.361 e. The second-order valence-electron chi connectivity index (χ2n) is 3.98. The molecule has 1 atom stereocenters. The van der Waals surface area contributed by atoms with Crippen LogP contribution in [0.2, 0.25) is 0 Å². The SMILES string of the molecule is Cn1cc([N+](=O)[O-])c(NCC2CCC(=O)N2)n1. The van der Waals surface area contributed by atoms with Gasteiger partial charge in [-0.2, -0.15) is 0 Å². The van der Waals surface area contributed by atoms with Gasteiger partial charge in [0.1, 0.15) is 6.20 Å². The van der Waals surface area contributed by atoms with Crippen LogP contribution in [0.3, 0.4) is 0 Å². The number of hydrogen-bond acceptors (Lipinski definition) is 5. The van der Waals surface area contributed by atoms with E-state index >= 15 is 0 Å². The predicted molar refractivity (Wildman–Crippen MR) is 59.5 cm³/mol. The molecule has 2 rings (SSSR count). The molecule has 1 fully saturated rings. The van der Waals surface area contributed by atoms with Gasteiger partial charge in [0.2, 0.25) is 11.7 Å². The van der Waals surface area contributed by atoms with E-state index in [1.54, 1.807) is 7.05 Å². The number of aryl methyl sites for hydroxylation is 1. The van der Waals surface area contributed by atoms with Crippen LogP contribution in [0.1, 0.15) is 12.8 Å². The summed E-state index contributed by atoms with van der Waals surface area (Å²) in [6.45, 7) is 0.448. The van der Waals surface area contributed by atoms with E-state index in [1.165, 1.54) is 10.9 Å². The van der Waals surface area contributed by atoms with Crippen molar-refractivity contribution in [2.45, 2.75) is 18.9 Å². The molecule has 2 heterocycles. The molecule has 8 heteroatoms. The van der Waals surface area contributed by atoms with Crippen molar-refractivity contribution in [3.05, 3.63) is 16.3 Å². The molecular formula is C9H13N5O3. The van der Waals surface area contributed by atoms with Gasteiger partial charge in [0, 0.05) is 26.1 Å². The lowest BCUT2D eigenvalue weighted by molar-refractivity contribution is -0.384. The van der Waals surface area contributed by atoms with Gasteiger partial charge in [0.25, 0.3) is 0 Å². The van der Waals surface area contributed by atoms with Crippen LogP contribution in [0.15, 0.2) is 6.20 Å². The second kappa shape index (κ2) is 4.40. The van der Waals surface area contributed by atoms with E-state index in [-0.39, 0.29) is 23.5 Å². The number of amides is 1. The van der Waals surface area contributed by atoms with Crippen LogP contribution in [-0.4, -0.2) is 33.2 Å². The summed E-state index contributed by atoms with van der Waals surface area (Å²) in [6, 6.07) is 0.0177. The molecule has 0 spiro atoms. The fraction of sp³-hybridized carbons (Fsp3) is 0.556. The summed E-state index contributed by atoms with van der Waals surface area (Å²) >= 11 is 0. The second-order valence-corrected chi connectivity index (χ2v) is 3.98. The van der Waals surface area contributed by atoms with Crippen LogP contribution in [0.25, 0.3) is 0 Å². The Morgan fingerprint density at radius 3 is 3.12 bits per heavy atom. The summed E-state index contributed by atoms with van der Waals surface area (Å²) in [4.78, 5) is 21.2. The van der Waals surface area contributed by atoms with Gasteiger partial charge in [-0.1, -0.05) is 0 Å². The molecule has 1 aliphatic rings. The molecule has 1 aliphatic heterocycles. The monoisotopic (exact) mass is 239 g/mol. The summed E-state index contributed by atoms with van der Waals surface area (Å²) in [5.74, 6) is 0.256. The number of aromatic nitrogens is 2. The largest absolute Gasteiger partial charge is 0.361 e. The number of rotatable bonds is 4. The predicted octanol–water partition coefficient (Wildman–Crippen LogP) is 0.0188. The van der Waals surface area contributed by atoms with E-state index in [0.29, 0.717) is 13.0 Å². The first-order valence-corrected chi connectivity index (χ1v) is 5.27. The van der Waals surface area contributed by atoms with E-state index in [2.05, 4.69) is 15.7 Å². The summed E-state index contributed by atoms with van der Waals surface area (Å²) in [6.07, 6.45) is 2.60. The number of nitrogens with one attached hydrogen (secondary N) is 2. The molecule has 1 saturated heterocycles. The zero-order valence-corrected chi connectivity index (χ0v) is 9.34. The fourth-order valence-electron chi connectivity index (χ4n) is 1.79. The smallest absolute Gasteiger partial charge is 0.330 e. The normalized spacial score (nSPS) is 19.1. The van der Waals surface area contributed by atoms with Crippen LogP contribution in [0.5, 0.6) is 0 Å². The molecule has 1 aromatic heterocycles. The van der Waals surface area contributed by atoms with Gasteiger partial charge in [-0.05, 0) is 6.42 Å². The van der Waals surface area contributed by atoms with Crippen molar-refractivity contribution >= 4 is 17.4 Å². The number of carbonyl (C=O) groups excluding carboxylic acids is 1. The third-order valence-corrected chi connectivity index (χ3v) is 2.61. The maximum atomic E-state index is 11.0. The van der Waals surface area contributed by atoms with Crippen molar-refractivity contribution in [3.63, 3.8) is 0 Å². The van der Waals surface area contributed by atoms with Crippen LogP contribution in [0, 0.1) is 10.1 Å². The third-order valence-electron chi connectivity index (χ3n) is 2.61. The minimum absolute atomic E-state index is 0.0177. The van der Waals surface area contributed by atoms with Crippen LogP contribution >= 0.6 is 0 Å². The number of carbonyl (C=O) groups is 1. The molecule has 17 heavy (non-hydrogen) atoms. The van der Waals surface area contributed by atoms with Gasteiger partial charge < -0.3 is 10.6 Å². The summed E-state index contributed by atoms with van der Waals surface area (Å²) in [5, 5.41) is 20.4. The molecule has 92 valence electrons. The number of nitrogens with zero attached hydrogens (tertiary/aromatic N) is 3. The zero-order chi connectivity index (χ0) is 12.4. The van der Waals surface area contributed by atoms with Gasteiger partial charge in [0.05, 0.1) is 4.92 Å². The van der Waals surface area contributed by atoms with Crippen molar-refractivity contribution in [1.29, 1.82) is 0 Å². The van der Waals surface area contributed by atoms with E-state index in [1.807, 2.05) is 0 Å². The van der Waals surface area contributed by atoms with E-state index in [0.717, 1.165) is 6.42 Å². The zero-order valence-electron chi connectivity index (χ0n) is 9.34. The van der Waals surface area contributed by atoms with Gasteiger partial charge in [-0.25, -0.2) is 0 Å². The molecule has 0 saturated carbocycles. The lowest BCUT2D eigenvalue weighted by atomic mass is 10.2.